The van der Waals surface area contributed by atoms with Crippen LogP contribution in [0.5, 0.6) is 5.75 Å². The molecule has 1 heterocycles. The van der Waals surface area contributed by atoms with Crippen LogP contribution >= 0.6 is 0 Å². The quantitative estimate of drug-likeness (QED) is 0.841. The average molecular weight is 244 g/mol. The molecule has 0 radical (unpaired) electrons. The number of nitrogen functional groups attached to an aromatic ring is 1. The Kier molecular flexibility index (Phi) is 3.74. The summed E-state index contributed by atoms with van der Waals surface area (Å²) in [5, 5.41) is 0. The van der Waals surface area contributed by atoms with Gasteiger partial charge in [-0.15, -0.1) is 0 Å². The van der Waals surface area contributed by atoms with Crippen molar-refractivity contribution in [3.8, 4) is 5.75 Å². The van der Waals surface area contributed by atoms with Crippen molar-refractivity contribution in [1.29, 1.82) is 0 Å². The van der Waals surface area contributed by atoms with E-state index in [2.05, 4.69) is 9.97 Å². The van der Waals surface area contributed by atoms with Crippen molar-refractivity contribution in [2.75, 3.05) is 12.8 Å². The van der Waals surface area contributed by atoms with E-state index in [1.165, 1.54) is 0 Å². The van der Waals surface area contributed by atoms with Gasteiger partial charge in [-0.05, 0) is 17.7 Å². The molecule has 0 saturated carbocycles. The molecule has 0 aliphatic rings. The highest BCUT2D eigenvalue weighted by molar-refractivity contribution is 5.38. The number of anilines is 1. The number of nitrogens with zero attached hydrogens (tertiary/aromatic N) is 2. The fraction of sp³-hybridized carbons (Fsp3) is 0.231. The molecule has 0 unspecified atom stereocenters. The third kappa shape index (κ3) is 2.75. The molecule has 0 spiro atoms. The summed E-state index contributed by atoms with van der Waals surface area (Å²) in [4.78, 5) is 8.49. The van der Waals surface area contributed by atoms with Gasteiger partial charge in [-0.1, -0.05) is 12.1 Å². The predicted octanol–water partition coefficient (Wildman–Crippen LogP) is 1.12. The molecule has 0 fully saturated rings. The van der Waals surface area contributed by atoms with Crippen LogP contribution in [0.4, 0.5) is 5.82 Å². The second-order valence-corrected chi connectivity index (χ2v) is 3.93. The number of ether oxygens (including phenoxy) is 1. The lowest BCUT2D eigenvalue weighted by Gasteiger charge is -2.06. The normalized spacial score (nSPS) is 10.3. The number of hydrogen-bond donors (Lipinski definition) is 2. The van der Waals surface area contributed by atoms with Crippen molar-refractivity contribution in [3.63, 3.8) is 0 Å². The summed E-state index contributed by atoms with van der Waals surface area (Å²) in [6, 6.07) is 7.79. The van der Waals surface area contributed by atoms with Crippen molar-refractivity contribution >= 4 is 5.82 Å². The SMILES string of the molecule is COc1cccc(Cc2ncc(CN)c(N)n2)c1. The zero-order valence-electron chi connectivity index (χ0n) is 10.3. The largest absolute Gasteiger partial charge is 0.497 e. The lowest BCUT2D eigenvalue weighted by molar-refractivity contribution is 0.414. The molecule has 1 aromatic carbocycles. The summed E-state index contributed by atoms with van der Waals surface area (Å²) in [5.41, 5.74) is 13.1. The molecule has 5 nitrogen and oxygen atoms in total. The monoisotopic (exact) mass is 244 g/mol. The highest BCUT2D eigenvalue weighted by Gasteiger charge is 2.04. The highest BCUT2D eigenvalue weighted by atomic mass is 16.5. The fourth-order valence-corrected chi connectivity index (χ4v) is 1.67. The Hall–Kier alpha value is -2.14. The number of nitrogens with two attached hydrogens (primary N) is 2. The van der Waals surface area contributed by atoms with Crippen LogP contribution in [0.15, 0.2) is 30.5 Å². The van der Waals surface area contributed by atoms with Crippen LogP contribution in [0.1, 0.15) is 17.0 Å². The standard InChI is InChI=1S/C13H16N4O/c1-18-11-4-2-3-9(5-11)6-12-16-8-10(7-14)13(15)17-12/h2-5,8H,6-7,14H2,1H3,(H2,15,16,17). The Morgan fingerprint density at radius 1 is 1.33 bits per heavy atom. The minimum Gasteiger partial charge on any atom is -0.497 e. The Labute approximate surface area is 106 Å². The van der Waals surface area contributed by atoms with Crippen LogP contribution in [-0.4, -0.2) is 17.1 Å². The van der Waals surface area contributed by atoms with Crippen LogP contribution in [0.25, 0.3) is 0 Å². The highest BCUT2D eigenvalue weighted by Crippen LogP contribution is 2.15. The third-order valence-corrected chi connectivity index (χ3v) is 2.66. The van der Waals surface area contributed by atoms with E-state index in [1.807, 2.05) is 24.3 Å². The van der Waals surface area contributed by atoms with E-state index in [-0.39, 0.29) is 0 Å². The molecular weight excluding hydrogens is 228 g/mol. The van der Waals surface area contributed by atoms with Crippen LogP contribution in [0, 0.1) is 0 Å². The number of methoxy groups -OCH3 is 1. The molecule has 0 aliphatic heterocycles. The molecule has 0 aliphatic carbocycles. The fourth-order valence-electron chi connectivity index (χ4n) is 1.67. The summed E-state index contributed by atoms with van der Waals surface area (Å²) in [6.07, 6.45) is 2.30. The van der Waals surface area contributed by atoms with E-state index >= 15 is 0 Å². The summed E-state index contributed by atoms with van der Waals surface area (Å²) >= 11 is 0. The van der Waals surface area contributed by atoms with Crippen LogP contribution in [0.2, 0.25) is 0 Å². The molecule has 94 valence electrons. The van der Waals surface area contributed by atoms with Gasteiger partial charge in [0.25, 0.3) is 0 Å². The molecular formula is C13H16N4O. The summed E-state index contributed by atoms with van der Waals surface area (Å²) in [7, 11) is 1.64. The Balaban J connectivity index is 2.20. The predicted molar refractivity (Wildman–Crippen MR) is 70.1 cm³/mol. The number of benzene rings is 1. The lowest BCUT2D eigenvalue weighted by atomic mass is 10.1. The summed E-state index contributed by atoms with van der Waals surface area (Å²) in [6.45, 7) is 0.352. The number of rotatable bonds is 4. The molecule has 1 aromatic heterocycles. The van der Waals surface area contributed by atoms with Gasteiger partial charge in [-0.3, -0.25) is 0 Å². The van der Waals surface area contributed by atoms with E-state index in [0.717, 1.165) is 16.9 Å². The van der Waals surface area contributed by atoms with Crippen molar-refractivity contribution < 1.29 is 4.74 Å². The minimum atomic E-state index is 0.352. The van der Waals surface area contributed by atoms with E-state index in [0.29, 0.717) is 24.6 Å². The van der Waals surface area contributed by atoms with E-state index in [1.54, 1.807) is 13.3 Å². The van der Waals surface area contributed by atoms with Gasteiger partial charge in [0.1, 0.15) is 17.4 Å². The minimum absolute atomic E-state index is 0.352. The van der Waals surface area contributed by atoms with Crippen LogP contribution in [-0.2, 0) is 13.0 Å². The summed E-state index contributed by atoms with van der Waals surface area (Å²) < 4.78 is 5.17. The van der Waals surface area contributed by atoms with Gasteiger partial charge >= 0.3 is 0 Å². The van der Waals surface area contributed by atoms with Crippen molar-refractivity contribution in [2.45, 2.75) is 13.0 Å². The van der Waals surface area contributed by atoms with Gasteiger partial charge in [0, 0.05) is 24.7 Å². The second-order valence-electron chi connectivity index (χ2n) is 3.93. The van der Waals surface area contributed by atoms with Gasteiger partial charge < -0.3 is 16.2 Å². The molecule has 0 amide bonds. The lowest BCUT2D eigenvalue weighted by Crippen LogP contribution is -2.07. The Morgan fingerprint density at radius 2 is 2.17 bits per heavy atom. The van der Waals surface area contributed by atoms with E-state index in [9.17, 15) is 0 Å². The molecule has 5 heteroatoms. The molecule has 2 rings (SSSR count). The second kappa shape index (κ2) is 5.46. The molecule has 18 heavy (non-hydrogen) atoms. The van der Waals surface area contributed by atoms with Gasteiger partial charge in [-0.25, -0.2) is 9.97 Å². The maximum atomic E-state index is 5.79. The number of hydrogen-bond acceptors (Lipinski definition) is 5. The maximum absolute atomic E-state index is 5.79. The van der Waals surface area contributed by atoms with Gasteiger partial charge in [0.2, 0.25) is 0 Å². The first-order chi connectivity index (χ1) is 8.72. The summed E-state index contributed by atoms with van der Waals surface area (Å²) in [5.74, 6) is 1.95. The van der Waals surface area contributed by atoms with E-state index in [4.69, 9.17) is 16.2 Å². The van der Waals surface area contributed by atoms with Crippen molar-refractivity contribution in [2.24, 2.45) is 5.73 Å². The van der Waals surface area contributed by atoms with Gasteiger partial charge in [0.15, 0.2) is 0 Å². The van der Waals surface area contributed by atoms with Crippen molar-refractivity contribution in [1.82, 2.24) is 9.97 Å². The average Bonchev–Trinajstić information content (AvgIpc) is 2.39. The van der Waals surface area contributed by atoms with E-state index < -0.39 is 0 Å². The molecule has 0 atom stereocenters. The first-order valence-electron chi connectivity index (χ1n) is 5.66. The van der Waals surface area contributed by atoms with Crippen LogP contribution in [0.3, 0.4) is 0 Å². The number of aromatic nitrogens is 2. The Bertz CT molecular complexity index is 542. The Morgan fingerprint density at radius 3 is 2.83 bits per heavy atom. The zero-order valence-corrected chi connectivity index (χ0v) is 10.3. The smallest absolute Gasteiger partial charge is 0.135 e. The topological polar surface area (TPSA) is 87.0 Å². The third-order valence-electron chi connectivity index (χ3n) is 2.66. The van der Waals surface area contributed by atoms with Crippen molar-refractivity contribution in [3.05, 3.63) is 47.4 Å². The molecule has 4 N–H and O–H groups in total. The zero-order chi connectivity index (χ0) is 13.0. The first-order valence-corrected chi connectivity index (χ1v) is 5.66. The van der Waals surface area contributed by atoms with Crippen LogP contribution < -0.4 is 16.2 Å². The van der Waals surface area contributed by atoms with Gasteiger partial charge in [0.05, 0.1) is 7.11 Å². The van der Waals surface area contributed by atoms with Gasteiger partial charge in [-0.2, -0.15) is 0 Å². The molecule has 0 saturated heterocycles. The molecule has 2 aromatic rings. The first kappa shape index (κ1) is 12.3. The maximum Gasteiger partial charge on any atom is 0.135 e. The molecule has 0 bridgehead atoms.